The molecule has 0 aromatic rings. The zero-order chi connectivity index (χ0) is 42.5. The summed E-state index contributed by atoms with van der Waals surface area (Å²) in [5.41, 5.74) is 0. The van der Waals surface area contributed by atoms with Crippen LogP contribution in [0.3, 0.4) is 0 Å². The van der Waals surface area contributed by atoms with Crippen molar-refractivity contribution in [3.8, 4) is 0 Å². The third kappa shape index (κ3) is 45.3. The molecule has 0 aliphatic heterocycles. The number of carbonyl (C=O) groups is 2. The first kappa shape index (κ1) is 56.2. The molecule has 58 heavy (non-hydrogen) atoms. The van der Waals surface area contributed by atoms with Crippen molar-refractivity contribution >= 4 is 19.7 Å². The number of amides is 1. The molecule has 2 atom stereocenters. The van der Waals surface area contributed by atoms with Crippen LogP contribution in [0.5, 0.6) is 0 Å². The molecule has 0 aromatic carbocycles. The molecule has 0 radical (unpaired) electrons. The first-order valence-corrected chi connectivity index (χ1v) is 25.5. The van der Waals surface area contributed by atoms with Crippen molar-refractivity contribution in [1.82, 2.24) is 5.32 Å². The average molecular weight is 840 g/mol. The molecule has 0 rings (SSSR count). The van der Waals surface area contributed by atoms with Gasteiger partial charge in [0, 0.05) is 19.4 Å². The Kier molecular flexibility index (Phi) is 43.4. The van der Waals surface area contributed by atoms with Crippen LogP contribution < -0.4 is 5.32 Å². The molecule has 9 nitrogen and oxygen atoms in total. The van der Waals surface area contributed by atoms with Crippen molar-refractivity contribution in [3.05, 3.63) is 36.5 Å². The molecule has 0 saturated carbocycles. The van der Waals surface area contributed by atoms with Crippen LogP contribution in [0.1, 0.15) is 226 Å². The summed E-state index contributed by atoms with van der Waals surface area (Å²) in [7, 11) is -4.42. The summed E-state index contributed by atoms with van der Waals surface area (Å²) in [4.78, 5) is 34.0. The van der Waals surface area contributed by atoms with Gasteiger partial charge in [0.1, 0.15) is 12.7 Å². The minimum absolute atomic E-state index is 0.0793. The van der Waals surface area contributed by atoms with Crippen molar-refractivity contribution in [1.29, 1.82) is 0 Å². The van der Waals surface area contributed by atoms with Gasteiger partial charge in [-0.05, 0) is 70.6 Å². The summed E-state index contributed by atoms with van der Waals surface area (Å²) >= 11 is 0. The number of nitrogens with one attached hydrogen (secondary N) is 1. The second kappa shape index (κ2) is 44.8. The van der Waals surface area contributed by atoms with Crippen LogP contribution in [-0.4, -0.2) is 54.3 Å². The van der Waals surface area contributed by atoms with E-state index >= 15 is 0 Å². The first-order chi connectivity index (χ1) is 28.3. The van der Waals surface area contributed by atoms with Crippen molar-refractivity contribution in [2.45, 2.75) is 232 Å². The molecule has 0 saturated heterocycles. The lowest BCUT2D eigenvalue weighted by Crippen LogP contribution is -2.27. The van der Waals surface area contributed by atoms with Gasteiger partial charge in [-0.1, -0.05) is 179 Å². The quantitative estimate of drug-likeness (QED) is 0.0239. The average Bonchev–Trinajstić information content (AvgIpc) is 3.21. The number of esters is 1. The fourth-order valence-corrected chi connectivity index (χ4v) is 7.40. The molecule has 340 valence electrons. The minimum atomic E-state index is -4.42. The topological polar surface area (TPSA) is 131 Å². The van der Waals surface area contributed by atoms with Crippen LogP contribution in [0.25, 0.3) is 0 Å². The van der Waals surface area contributed by atoms with Crippen LogP contribution in [0.2, 0.25) is 0 Å². The number of ether oxygens (including phenoxy) is 1. The lowest BCUT2D eigenvalue weighted by molar-refractivity contribution is -0.147. The van der Waals surface area contributed by atoms with Crippen molar-refractivity contribution in [2.24, 2.45) is 0 Å². The van der Waals surface area contributed by atoms with Crippen LogP contribution in [0, 0.1) is 0 Å². The van der Waals surface area contributed by atoms with Crippen LogP contribution in [0.15, 0.2) is 36.5 Å². The van der Waals surface area contributed by atoms with Gasteiger partial charge in [-0.2, -0.15) is 0 Å². The first-order valence-electron chi connectivity index (χ1n) is 24.0. The molecule has 0 aromatic heterocycles. The van der Waals surface area contributed by atoms with E-state index in [9.17, 15) is 24.2 Å². The molecule has 0 bridgehead atoms. The lowest BCUT2D eigenvalue weighted by atomic mass is 10.1. The molecule has 10 heteroatoms. The zero-order valence-corrected chi connectivity index (χ0v) is 38.4. The van der Waals surface area contributed by atoms with E-state index in [2.05, 4.69) is 55.6 Å². The van der Waals surface area contributed by atoms with Gasteiger partial charge < -0.3 is 20.1 Å². The number of rotatable bonds is 45. The molecule has 0 spiro atoms. The highest BCUT2D eigenvalue weighted by Crippen LogP contribution is 2.42. The molecule has 0 aliphatic carbocycles. The Morgan fingerprint density at radius 2 is 0.931 bits per heavy atom. The maximum Gasteiger partial charge on any atom is 0.472 e. The van der Waals surface area contributed by atoms with Gasteiger partial charge in [-0.15, -0.1) is 0 Å². The summed E-state index contributed by atoms with van der Waals surface area (Å²) in [6.07, 6.45) is 50.7. The van der Waals surface area contributed by atoms with E-state index < -0.39 is 26.5 Å². The lowest BCUT2D eigenvalue weighted by Gasteiger charge is -2.15. The molecule has 0 fully saturated rings. The number of aliphatic hydroxyl groups is 1. The SMILES string of the molecule is CCCCC/C=C\C/C=C\CCCCCCCCCCCC(=O)NCCOP(=O)(O)OCC(O)COC(=O)CCCCCCCCC/C=C\CCCCCCCCC. The highest BCUT2D eigenvalue weighted by molar-refractivity contribution is 7.47. The predicted molar refractivity (Wildman–Crippen MR) is 243 cm³/mol. The van der Waals surface area contributed by atoms with Gasteiger partial charge >= 0.3 is 13.8 Å². The summed E-state index contributed by atoms with van der Waals surface area (Å²) in [5, 5.41) is 12.7. The van der Waals surface area contributed by atoms with Crippen molar-refractivity contribution < 1.29 is 37.9 Å². The zero-order valence-electron chi connectivity index (χ0n) is 37.5. The van der Waals surface area contributed by atoms with E-state index in [4.69, 9.17) is 13.8 Å². The monoisotopic (exact) mass is 840 g/mol. The molecule has 0 aliphatic rings. The third-order valence-electron chi connectivity index (χ3n) is 10.3. The second-order valence-electron chi connectivity index (χ2n) is 16.1. The Morgan fingerprint density at radius 1 is 0.534 bits per heavy atom. The Bertz CT molecular complexity index is 1050. The summed E-state index contributed by atoms with van der Waals surface area (Å²) in [6, 6.07) is 0. The van der Waals surface area contributed by atoms with E-state index in [0.29, 0.717) is 6.42 Å². The highest BCUT2D eigenvalue weighted by atomic mass is 31.2. The summed E-state index contributed by atoms with van der Waals surface area (Å²) < 4.78 is 26.9. The number of carbonyl (C=O) groups excluding carboxylic acids is 2. The van der Waals surface area contributed by atoms with E-state index in [0.717, 1.165) is 44.9 Å². The Hall–Kier alpha value is -1.77. The largest absolute Gasteiger partial charge is 0.472 e. The second-order valence-corrected chi connectivity index (χ2v) is 17.5. The number of phosphoric ester groups is 1. The van der Waals surface area contributed by atoms with E-state index in [1.54, 1.807) is 0 Å². The van der Waals surface area contributed by atoms with Gasteiger partial charge in [0.25, 0.3) is 0 Å². The third-order valence-corrected chi connectivity index (χ3v) is 11.3. The fourth-order valence-electron chi connectivity index (χ4n) is 6.64. The smallest absolute Gasteiger partial charge is 0.463 e. The molecular formula is C48H90NO8P. The molecule has 0 heterocycles. The van der Waals surface area contributed by atoms with Crippen molar-refractivity contribution in [2.75, 3.05) is 26.4 Å². The molecular weight excluding hydrogens is 750 g/mol. The van der Waals surface area contributed by atoms with E-state index in [1.165, 1.54) is 154 Å². The van der Waals surface area contributed by atoms with Crippen LogP contribution in [0.4, 0.5) is 0 Å². The van der Waals surface area contributed by atoms with Crippen LogP contribution in [-0.2, 0) is 27.9 Å². The number of unbranched alkanes of at least 4 members (excludes halogenated alkanes) is 26. The Balaban J connectivity index is 3.58. The number of aliphatic hydroxyl groups excluding tert-OH is 1. The fraction of sp³-hybridized carbons (Fsp3) is 0.833. The van der Waals surface area contributed by atoms with E-state index in [-0.39, 0.29) is 32.1 Å². The Labute approximate surface area is 356 Å². The van der Waals surface area contributed by atoms with Gasteiger partial charge in [0.2, 0.25) is 5.91 Å². The van der Waals surface area contributed by atoms with Gasteiger partial charge in [0.05, 0.1) is 13.2 Å². The summed E-state index contributed by atoms with van der Waals surface area (Å²) in [6.45, 7) is 3.54. The van der Waals surface area contributed by atoms with Gasteiger partial charge in [0.15, 0.2) is 0 Å². The highest BCUT2D eigenvalue weighted by Gasteiger charge is 2.23. The molecule has 3 N–H and O–H groups in total. The Morgan fingerprint density at radius 3 is 1.43 bits per heavy atom. The predicted octanol–water partition coefficient (Wildman–Crippen LogP) is 13.7. The van der Waals surface area contributed by atoms with E-state index in [1.807, 2.05) is 0 Å². The van der Waals surface area contributed by atoms with Crippen LogP contribution >= 0.6 is 7.82 Å². The standard InChI is InChI=1S/C48H90NO8P/c1-3-5-7-9-11-13-15-17-19-21-23-24-26-28-30-32-34-36-38-40-47(51)49-42-43-56-58(53,54)57-45-46(50)44-55-48(52)41-39-37-35-33-31-29-27-25-22-20-18-16-14-12-10-8-6-4-2/h11,13,17,19-20,22,46,50H,3-10,12,14-16,18,21,23-45H2,1-2H3,(H,49,51)(H,53,54)/b13-11-,19-17-,22-20-. The van der Waals surface area contributed by atoms with Crippen molar-refractivity contribution in [3.63, 3.8) is 0 Å². The normalized spacial score (nSPS) is 13.5. The number of hydrogen-bond donors (Lipinski definition) is 3. The van der Waals surface area contributed by atoms with Gasteiger partial charge in [-0.25, -0.2) is 4.57 Å². The van der Waals surface area contributed by atoms with Gasteiger partial charge in [-0.3, -0.25) is 18.6 Å². The number of allylic oxidation sites excluding steroid dienone is 6. The number of hydrogen-bond acceptors (Lipinski definition) is 7. The maximum absolute atomic E-state index is 12.1. The molecule has 1 amide bonds. The maximum atomic E-state index is 12.1. The summed E-state index contributed by atoms with van der Waals surface area (Å²) in [5.74, 6) is -0.520. The molecule has 2 unspecified atom stereocenters. The minimum Gasteiger partial charge on any atom is -0.463 e. The number of phosphoric acid groups is 1.